The lowest BCUT2D eigenvalue weighted by Gasteiger charge is -2.16. The van der Waals surface area contributed by atoms with Crippen LogP contribution in [0.15, 0.2) is 30.3 Å². The number of nitrogens with one attached hydrogen (secondary N) is 3. The van der Waals surface area contributed by atoms with Crippen LogP contribution < -0.4 is 16.0 Å². The lowest BCUT2D eigenvalue weighted by Crippen LogP contribution is -2.37. The van der Waals surface area contributed by atoms with E-state index < -0.39 is 0 Å². The number of amides is 3. The maximum Gasteiger partial charge on any atom is 0.319 e. The fraction of sp³-hybridized carbons (Fsp3) is 0.333. The van der Waals surface area contributed by atoms with E-state index in [9.17, 15) is 9.59 Å². The summed E-state index contributed by atoms with van der Waals surface area (Å²) in [5.74, 6) is -0.139. The Morgan fingerprint density at radius 2 is 1.75 bits per heavy atom. The van der Waals surface area contributed by atoms with Crippen molar-refractivity contribution in [3.05, 3.63) is 45.6 Å². The summed E-state index contributed by atoms with van der Waals surface area (Å²) in [6.45, 7) is 7.37. The molecule has 5 nitrogen and oxygen atoms in total. The van der Waals surface area contributed by atoms with Crippen LogP contribution in [0.3, 0.4) is 0 Å². The summed E-state index contributed by atoms with van der Waals surface area (Å²) < 4.78 is 0. The molecule has 0 aliphatic carbocycles. The first kappa shape index (κ1) is 18.0. The van der Waals surface area contributed by atoms with Crippen molar-refractivity contribution in [1.29, 1.82) is 0 Å². The molecule has 0 saturated carbocycles. The molecule has 0 aliphatic heterocycles. The minimum absolute atomic E-state index is 0.0295. The number of rotatable bonds is 5. The highest BCUT2D eigenvalue weighted by Gasteiger charge is 2.12. The van der Waals surface area contributed by atoms with E-state index in [4.69, 9.17) is 0 Å². The second-order valence-electron chi connectivity index (χ2n) is 5.88. The Morgan fingerprint density at radius 3 is 2.33 bits per heavy atom. The average molecular weight is 345 g/mol. The fourth-order valence-electron chi connectivity index (χ4n) is 2.43. The van der Waals surface area contributed by atoms with Gasteiger partial charge in [0.15, 0.2) is 0 Å². The summed E-state index contributed by atoms with van der Waals surface area (Å²) in [4.78, 5) is 25.9. The first-order valence-corrected chi connectivity index (χ1v) is 8.67. The van der Waals surface area contributed by atoms with Crippen molar-refractivity contribution in [2.24, 2.45) is 0 Å². The Hall–Kier alpha value is -2.34. The van der Waals surface area contributed by atoms with Crippen LogP contribution in [-0.4, -0.2) is 18.0 Å². The molecular weight excluding hydrogens is 322 g/mol. The van der Waals surface area contributed by atoms with Gasteiger partial charge in [0.1, 0.15) is 0 Å². The molecule has 128 valence electrons. The van der Waals surface area contributed by atoms with Gasteiger partial charge < -0.3 is 16.0 Å². The molecule has 24 heavy (non-hydrogen) atoms. The minimum atomic E-state index is -0.251. The van der Waals surface area contributed by atoms with Crippen molar-refractivity contribution in [1.82, 2.24) is 5.32 Å². The third kappa shape index (κ3) is 5.09. The normalized spacial score (nSPS) is 11.7. The third-order valence-corrected chi connectivity index (χ3v) is 4.60. The molecule has 3 N–H and O–H groups in total. The molecule has 1 heterocycles. The van der Waals surface area contributed by atoms with Gasteiger partial charge in [0, 0.05) is 40.5 Å². The van der Waals surface area contributed by atoms with Crippen molar-refractivity contribution in [2.75, 3.05) is 10.6 Å². The highest BCUT2D eigenvalue weighted by atomic mass is 32.1. The molecule has 6 heteroatoms. The maximum atomic E-state index is 12.2. The van der Waals surface area contributed by atoms with Crippen molar-refractivity contribution in [3.63, 3.8) is 0 Å². The molecule has 0 bridgehead atoms. The molecule has 1 unspecified atom stereocenters. The molecule has 1 aromatic heterocycles. The number of benzene rings is 1. The van der Waals surface area contributed by atoms with Gasteiger partial charge in [-0.15, -0.1) is 11.3 Å². The molecule has 1 atom stereocenters. The number of carbonyl (C=O) groups excluding carboxylic acids is 2. The SMILES string of the molecule is CC(=O)Nc1cccc(NC(=O)NC(C)Cc2ccc(C)s2)c1C. The summed E-state index contributed by atoms with van der Waals surface area (Å²) in [6.07, 6.45) is 0.802. The zero-order chi connectivity index (χ0) is 17.7. The molecule has 2 aromatic rings. The Balaban J connectivity index is 1.95. The van der Waals surface area contributed by atoms with E-state index in [2.05, 4.69) is 35.0 Å². The average Bonchev–Trinajstić information content (AvgIpc) is 2.87. The fourth-order valence-corrected chi connectivity index (χ4v) is 3.45. The monoisotopic (exact) mass is 345 g/mol. The lowest BCUT2D eigenvalue weighted by molar-refractivity contribution is -0.114. The molecule has 0 radical (unpaired) electrons. The summed E-state index contributed by atoms with van der Waals surface area (Å²) in [7, 11) is 0. The number of anilines is 2. The van der Waals surface area contributed by atoms with E-state index in [1.165, 1.54) is 16.7 Å². The van der Waals surface area contributed by atoms with Crippen LogP contribution in [0.5, 0.6) is 0 Å². The van der Waals surface area contributed by atoms with Crippen LogP contribution in [0.25, 0.3) is 0 Å². The van der Waals surface area contributed by atoms with E-state index in [-0.39, 0.29) is 18.0 Å². The quantitative estimate of drug-likeness (QED) is 0.764. The summed E-state index contributed by atoms with van der Waals surface area (Å²) in [6, 6.07) is 9.38. The van der Waals surface area contributed by atoms with Crippen molar-refractivity contribution in [3.8, 4) is 0 Å². The van der Waals surface area contributed by atoms with Gasteiger partial charge in [0.2, 0.25) is 5.91 Å². The number of carbonyl (C=O) groups is 2. The Bertz CT molecular complexity index is 740. The Morgan fingerprint density at radius 1 is 1.08 bits per heavy atom. The van der Waals surface area contributed by atoms with Gasteiger partial charge >= 0.3 is 6.03 Å². The molecule has 2 rings (SSSR count). The van der Waals surface area contributed by atoms with Crippen LogP contribution in [-0.2, 0) is 11.2 Å². The largest absolute Gasteiger partial charge is 0.335 e. The molecule has 1 aromatic carbocycles. The zero-order valence-corrected chi connectivity index (χ0v) is 15.2. The van der Waals surface area contributed by atoms with Gasteiger partial charge in [-0.2, -0.15) is 0 Å². The molecule has 0 spiro atoms. The van der Waals surface area contributed by atoms with E-state index in [0.29, 0.717) is 11.4 Å². The van der Waals surface area contributed by atoms with Crippen LogP contribution >= 0.6 is 11.3 Å². The van der Waals surface area contributed by atoms with Gasteiger partial charge in [0.25, 0.3) is 0 Å². The summed E-state index contributed by atoms with van der Waals surface area (Å²) >= 11 is 1.75. The molecule has 3 amide bonds. The van der Waals surface area contributed by atoms with Crippen molar-refractivity contribution in [2.45, 2.75) is 40.2 Å². The molecule has 0 saturated heterocycles. The van der Waals surface area contributed by atoms with E-state index >= 15 is 0 Å². The first-order valence-electron chi connectivity index (χ1n) is 7.85. The predicted molar refractivity (Wildman–Crippen MR) is 99.9 cm³/mol. The predicted octanol–water partition coefficient (Wildman–Crippen LogP) is 4.08. The molecule has 0 fully saturated rings. The van der Waals surface area contributed by atoms with Crippen molar-refractivity contribution >= 4 is 34.6 Å². The van der Waals surface area contributed by atoms with Gasteiger partial charge in [-0.3, -0.25) is 4.79 Å². The number of thiophene rings is 1. The van der Waals surface area contributed by atoms with Crippen molar-refractivity contribution < 1.29 is 9.59 Å². The van der Waals surface area contributed by atoms with E-state index in [1.54, 1.807) is 17.4 Å². The number of urea groups is 1. The lowest BCUT2D eigenvalue weighted by atomic mass is 10.1. The molecule has 0 aliphatic rings. The number of hydrogen-bond donors (Lipinski definition) is 3. The topological polar surface area (TPSA) is 70.2 Å². The Kier molecular flexibility index (Phi) is 5.98. The maximum absolute atomic E-state index is 12.2. The van der Waals surface area contributed by atoms with Gasteiger partial charge in [-0.1, -0.05) is 6.07 Å². The number of aryl methyl sites for hydroxylation is 1. The molecular formula is C18H23N3O2S. The summed E-state index contributed by atoms with van der Waals surface area (Å²) in [5.41, 5.74) is 2.20. The van der Waals surface area contributed by atoms with Gasteiger partial charge in [0.05, 0.1) is 0 Å². The van der Waals surface area contributed by atoms with Crippen LogP contribution in [0.4, 0.5) is 16.2 Å². The minimum Gasteiger partial charge on any atom is -0.335 e. The highest BCUT2D eigenvalue weighted by molar-refractivity contribution is 7.11. The number of hydrogen-bond acceptors (Lipinski definition) is 3. The smallest absolute Gasteiger partial charge is 0.319 e. The van der Waals surface area contributed by atoms with Gasteiger partial charge in [-0.25, -0.2) is 4.79 Å². The van der Waals surface area contributed by atoms with Gasteiger partial charge in [-0.05, 0) is 50.6 Å². The first-order chi connectivity index (χ1) is 11.3. The summed E-state index contributed by atoms with van der Waals surface area (Å²) in [5, 5.41) is 8.54. The third-order valence-electron chi connectivity index (χ3n) is 3.57. The van der Waals surface area contributed by atoms with Crippen LogP contribution in [0.2, 0.25) is 0 Å². The van der Waals surface area contributed by atoms with E-state index in [1.807, 2.05) is 26.0 Å². The van der Waals surface area contributed by atoms with Crippen LogP contribution in [0, 0.1) is 13.8 Å². The van der Waals surface area contributed by atoms with Crippen LogP contribution in [0.1, 0.15) is 29.2 Å². The van der Waals surface area contributed by atoms with E-state index in [0.717, 1.165) is 12.0 Å². The Labute approximate surface area is 146 Å². The second kappa shape index (κ2) is 7.97. The zero-order valence-electron chi connectivity index (χ0n) is 14.4. The second-order valence-corrected chi connectivity index (χ2v) is 7.25. The standard InChI is InChI=1S/C18H23N3O2S/c1-11(10-15-9-8-12(2)24-15)19-18(23)21-17-7-5-6-16(13(17)3)20-14(4)22/h5-9,11H,10H2,1-4H3,(H,20,22)(H2,19,21,23). The highest BCUT2D eigenvalue weighted by Crippen LogP contribution is 2.23.